The van der Waals surface area contributed by atoms with Gasteiger partial charge in [0.05, 0.1) is 24.5 Å². The normalized spacial score (nSPS) is 28.2. The summed E-state index contributed by atoms with van der Waals surface area (Å²) in [5.41, 5.74) is -0.176. The van der Waals surface area contributed by atoms with Crippen molar-refractivity contribution in [2.75, 3.05) is 38.3 Å². The van der Waals surface area contributed by atoms with E-state index in [1.807, 2.05) is 0 Å². The average molecular weight is 292 g/mol. The van der Waals surface area contributed by atoms with Crippen LogP contribution in [0.3, 0.4) is 0 Å². The lowest BCUT2D eigenvalue weighted by Crippen LogP contribution is -2.33. The van der Waals surface area contributed by atoms with Gasteiger partial charge in [0.15, 0.2) is 0 Å². The molecule has 2 aliphatic rings. The minimum atomic E-state index is -0.176. The molecule has 0 aliphatic carbocycles. The third kappa shape index (κ3) is 3.14. The summed E-state index contributed by atoms with van der Waals surface area (Å²) in [4.78, 5) is 21.8. The Kier molecular flexibility index (Phi) is 4.03. The SMILES string of the molecule is CNC(=O)COC1COC2(CCN(c3cnccn3)C2)C1. The maximum absolute atomic E-state index is 11.2. The highest BCUT2D eigenvalue weighted by Gasteiger charge is 2.46. The number of hydrogen-bond donors (Lipinski definition) is 1. The molecule has 2 saturated heterocycles. The molecule has 7 nitrogen and oxygen atoms in total. The van der Waals surface area contributed by atoms with Crippen molar-refractivity contribution in [3.8, 4) is 0 Å². The lowest BCUT2D eigenvalue weighted by molar-refractivity contribution is -0.127. The average Bonchev–Trinajstić information content (AvgIpc) is 3.13. The van der Waals surface area contributed by atoms with E-state index in [1.54, 1.807) is 25.6 Å². The van der Waals surface area contributed by atoms with Crippen LogP contribution in [-0.4, -0.2) is 60.9 Å². The first-order chi connectivity index (χ1) is 10.2. The Morgan fingerprint density at radius 1 is 1.62 bits per heavy atom. The summed E-state index contributed by atoms with van der Waals surface area (Å²) in [5, 5.41) is 2.55. The van der Waals surface area contributed by atoms with Crippen LogP contribution in [0, 0.1) is 0 Å². The van der Waals surface area contributed by atoms with Crippen LogP contribution in [0.15, 0.2) is 18.6 Å². The standard InChI is InChI=1S/C14H20N4O3/c1-15-13(19)9-20-11-6-14(21-8-11)2-5-18(10-14)12-7-16-3-4-17-12/h3-4,7,11H,2,5-6,8-10H2,1H3,(H,15,19). The molecule has 3 heterocycles. The Morgan fingerprint density at radius 3 is 3.29 bits per heavy atom. The first kappa shape index (κ1) is 14.2. The highest BCUT2D eigenvalue weighted by molar-refractivity contribution is 5.76. The summed E-state index contributed by atoms with van der Waals surface area (Å²) in [6.45, 7) is 2.34. The summed E-state index contributed by atoms with van der Waals surface area (Å²) < 4.78 is 11.6. The van der Waals surface area contributed by atoms with Crippen molar-refractivity contribution in [2.24, 2.45) is 0 Å². The van der Waals surface area contributed by atoms with Crippen LogP contribution >= 0.6 is 0 Å². The second-order valence-electron chi connectivity index (χ2n) is 5.54. The molecule has 0 saturated carbocycles. The zero-order valence-corrected chi connectivity index (χ0v) is 12.1. The summed E-state index contributed by atoms with van der Waals surface area (Å²) in [5.74, 6) is 0.774. The van der Waals surface area contributed by atoms with Gasteiger partial charge in [-0.3, -0.25) is 9.78 Å². The Labute approximate surface area is 123 Å². The number of ether oxygens (including phenoxy) is 2. The zero-order valence-electron chi connectivity index (χ0n) is 12.1. The highest BCUT2D eigenvalue weighted by atomic mass is 16.6. The predicted octanol–water partition coefficient (Wildman–Crippen LogP) is -0.0230. The first-order valence-corrected chi connectivity index (χ1v) is 7.18. The Morgan fingerprint density at radius 2 is 2.52 bits per heavy atom. The fraction of sp³-hybridized carbons (Fsp3) is 0.643. The number of carbonyl (C=O) groups excluding carboxylic acids is 1. The van der Waals surface area contributed by atoms with Crippen LogP contribution in [0.2, 0.25) is 0 Å². The highest BCUT2D eigenvalue weighted by Crippen LogP contribution is 2.37. The molecule has 1 spiro atoms. The number of nitrogens with zero attached hydrogens (tertiary/aromatic N) is 3. The van der Waals surface area contributed by atoms with E-state index in [1.165, 1.54) is 0 Å². The van der Waals surface area contributed by atoms with E-state index in [4.69, 9.17) is 9.47 Å². The lowest BCUT2D eigenvalue weighted by Gasteiger charge is -2.23. The molecule has 1 amide bonds. The molecular weight excluding hydrogens is 272 g/mol. The molecule has 0 aromatic carbocycles. The van der Waals surface area contributed by atoms with Gasteiger partial charge < -0.3 is 19.7 Å². The molecule has 2 aliphatic heterocycles. The van der Waals surface area contributed by atoms with Gasteiger partial charge in [-0.05, 0) is 6.42 Å². The zero-order chi connectivity index (χ0) is 14.7. The largest absolute Gasteiger partial charge is 0.370 e. The molecule has 1 N–H and O–H groups in total. The van der Waals surface area contributed by atoms with Gasteiger partial charge in [0.1, 0.15) is 12.4 Å². The third-order valence-corrected chi connectivity index (χ3v) is 4.09. The molecule has 0 bridgehead atoms. The van der Waals surface area contributed by atoms with E-state index < -0.39 is 0 Å². The Balaban J connectivity index is 1.55. The Hall–Kier alpha value is -1.73. The number of likely N-dealkylation sites (N-methyl/N-ethyl adjacent to an activating group) is 1. The number of aromatic nitrogens is 2. The summed E-state index contributed by atoms with van der Waals surface area (Å²) in [6.07, 6.45) is 6.90. The van der Waals surface area contributed by atoms with Gasteiger partial charge in [-0.1, -0.05) is 0 Å². The van der Waals surface area contributed by atoms with Crippen molar-refractivity contribution in [3.05, 3.63) is 18.6 Å². The number of amides is 1. The van der Waals surface area contributed by atoms with Crippen LogP contribution in [0.1, 0.15) is 12.8 Å². The predicted molar refractivity (Wildman–Crippen MR) is 76.0 cm³/mol. The maximum atomic E-state index is 11.2. The van der Waals surface area contributed by atoms with E-state index in [9.17, 15) is 4.79 Å². The van der Waals surface area contributed by atoms with Gasteiger partial charge in [0.2, 0.25) is 5.91 Å². The fourth-order valence-corrected chi connectivity index (χ4v) is 2.95. The van der Waals surface area contributed by atoms with E-state index in [0.717, 1.165) is 31.7 Å². The number of carbonyl (C=O) groups is 1. The minimum Gasteiger partial charge on any atom is -0.370 e. The van der Waals surface area contributed by atoms with Gasteiger partial charge in [0, 0.05) is 39.0 Å². The van der Waals surface area contributed by atoms with Gasteiger partial charge in [0.25, 0.3) is 0 Å². The third-order valence-electron chi connectivity index (χ3n) is 4.09. The fourth-order valence-electron chi connectivity index (χ4n) is 2.95. The maximum Gasteiger partial charge on any atom is 0.245 e. The van der Waals surface area contributed by atoms with E-state index in [2.05, 4.69) is 20.2 Å². The van der Waals surface area contributed by atoms with Crippen molar-refractivity contribution < 1.29 is 14.3 Å². The van der Waals surface area contributed by atoms with Crippen LogP contribution in [0.25, 0.3) is 0 Å². The van der Waals surface area contributed by atoms with Crippen LogP contribution < -0.4 is 10.2 Å². The summed E-state index contributed by atoms with van der Waals surface area (Å²) in [6, 6.07) is 0. The quantitative estimate of drug-likeness (QED) is 0.840. The van der Waals surface area contributed by atoms with E-state index >= 15 is 0 Å². The van der Waals surface area contributed by atoms with Crippen molar-refractivity contribution in [3.63, 3.8) is 0 Å². The molecule has 1 aromatic heterocycles. The summed E-state index contributed by atoms with van der Waals surface area (Å²) in [7, 11) is 1.61. The van der Waals surface area contributed by atoms with Gasteiger partial charge in [-0.2, -0.15) is 0 Å². The second kappa shape index (κ2) is 5.95. The van der Waals surface area contributed by atoms with Crippen molar-refractivity contribution in [1.82, 2.24) is 15.3 Å². The number of anilines is 1. The number of nitrogens with one attached hydrogen (secondary N) is 1. The first-order valence-electron chi connectivity index (χ1n) is 7.18. The number of rotatable bonds is 4. The monoisotopic (exact) mass is 292 g/mol. The van der Waals surface area contributed by atoms with Crippen LogP contribution in [0.4, 0.5) is 5.82 Å². The molecule has 21 heavy (non-hydrogen) atoms. The van der Waals surface area contributed by atoms with Crippen LogP contribution in [0.5, 0.6) is 0 Å². The van der Waals surface area contributed by atoms with E-state index in [-0.39, 0.29) is 24.2 Å². The van der Waals surface area contributed by atoms with Gasteiger partial charge in [-0.25, -0.2) is 4.98 Å². The molecule has 2 atom stereocenters. The molecular formula is C14H20N4O3. The summed E-state index contributed by atoms with van der Waals surface area (Å²) >= 11 is 0. The molecule has 2 fully saturated rings. The van der Waals surface area contributed by atoms with Gasteiger partial charge >= 0.3 is 0 Å². The Bertz CT molecular complexity index is 498. The molecule has 0 radical (unpaired) electrons. The molecule has 114 valence electrons. The van der Waals surface area contributed by atoms with Crippen molar-refractivity contribution in [1.29, 1.82) is 0 Å². The molecule has 7 heteroatoms. The minimum absolute atomic E-state index is 0.0101. The molecule has 3 rings (SSSR count). The van der Waals surface area contributed by atoms with Crippen molar-refractivity contribution >= 4 is 11.7 Å². The second-order valence-corrected chi connectivity index (χ2v) is 5.54. The van der Waals surface area contributed by atoms with Gasteiger partial charge in [-0.15, -0.1) is 0 Å². The molecule has 2 unspecified atom stereocenters. The van der Waals surface area contributed by atoms with E-state index in [0.29, 0.717) is 6.61 Å². The van der Waals surface area contributed by atoms with Crippen LogP contribution in [-0.2, 0) is 14.3 Å². The lowest BCUT2D eigenvalue weighted by atomic mass is 9.98. The topological polar surface area (TPSA) is 76.6 Å². The smallest absolute Gasteiger partial charge is 0.245 e. The molecule has 1 aromatic rings. The number of hydrogen-bond acceptors (Lipinski definition) is 6. The van der Waals surface area contributed by atoms with Crippen molar-refractivity contribution in [2.45, 2.75) is 24.5 Å².